The highest BCUT2D eigenvalue weighted by Crippen LogP contribution is 2.42. The summed E-state index contributed by atoms with van der Waals surface area (Å²) in [6, 6.07) is 4.08. The topological polar surface area (TPSA) is 68.7 Å². The average molecular weight is 447 g/mol. The lowest BCUT2D eigenvalue weighted by Crippen LogP contribution is -2.28. The average Bonchev–Trinajstić information content (AvgIpc) is 2.92. The van der Waals surface area contributed by atoms with E-state index in [1.165, 1.54) is 0 Å². The van der Waals surface area contributed by atoms with Crippen LogP contribution in [0.1, 0.15) is 19.4 Å². The van der Waals surface area contributed by atoms with Crippen molar-refractivity contribution in [3.63, 3.8) is 0 Å². The van der Waals surface area contributed by atoms with E-state index in [4.69, 9.17) is 32.7 Å². The minimum absolute atomic E-state index is 0.111. The summed E-state index contributed by atoms with van der Waals surface area (Å²) in [7, 11) is 0. The highest BCUT2D eigenvalue weighted by molar-refractivity contribution is 6.39. The molecule has 2 aromatic rings. The second-order valence-electron chi connectivity index (χ2n) is 6.03. The molecule has 1 aliphatic rings. The Labute approximate surface area is 172 Å². The number of allylic oxidation sites excluding steroid dienone is 1. The van der Waals surface area contributed by atoms with E-state index in [1.807, 2.05) is 0 Å². The Bertz CT molecular complexity index is 1050. The van der Waals surface area contributed by atoms with Gasteiger partial charge in [0.05, 0.1) is 15.7 Å². The summed E-state index contributed by atoms with van der Waals surface area (Å²) in [6.07, 6.45) is -4.63. The molecule has 1 aromatic heterocycles. The Hall–Kier alpha value is -2.78. The quantitative estimate of drug-likeness (QED) is 0.542. The van der Waals surface area contributed by atoms with Crippen molar-refractivity contribution in [2.24, 2.45) is 0 Å². The first-order valence-corrected chi connectivity index (χ1v) is 8.69. The number of hydrogen-bond acceptors (Lipinski definition) is 5. The van der Waals surface area contributed by atoms with Crippen LogP contribution < -0.4 is 9.64 Å². The molecule has 0 bridgehead atoms. The standard InChI is InChI=1S/C18H11Cl2F3N2O4/c1-8(2)14-16(26)25(17(27)29-14)12-7-13(11(20)6-10(12)19)28-15-9(18(21,22)23)4-3-5-24-15/h3-7H,1-2H3. The molecule has 0 radical (unpaired) electrons. The van der Waals surface area contributed by atoms with E-state index >= 15 is 0 Å². The Balaban J connectivity index is 2.06. The lowest BCUT2D eigenvalue weighted by Gasteiger charge is -2.17. The van der Waals surface area contributed by atoms with Crippen molar-refractivity contribution >= 4 is 40.9 Å². The van der Waals surface area contributed by atoms with E-state index in [0.717, 1.165) is 30.5 Å². The molecular weight excluding hydrogens is 436 g/mol. The summed E-state index contributed by atoms with van der Waals surface area (Å²) < 4.78 is 49.7. The van der Waals surface area contributed by atoms with Gasteiger partial charge in [0.1, 0.15) is 11.3 Å². The van der Waals surface area contributed by atoms with Crippen molar-refractivity contribution in [2.75, 3.05) is 4.90 Å². The number of nitrogens with zero attached hydrogens (tertiary/aromatic N) is 2. The molecule has 1 saturated heterocycles. The largest absolute Gasteiger partial charge is 0.437 e. The first kappa shape index (κ1) is 20.9. The number of rotatable bonds is 3. The summed E-state index contributed by atoms with van der Waals surface area (Å²) in [4.78, 5) is 28.8. The van der Waals surface area contributed by atoms with Crippen molar-refractivity contribution in [3.8, 4) is 11.6 Å². The number of halogens is 5. The molecule has 6 nitrogen and oxygen atoms in total. The number of anilines is 1. The maximum absolute atomic E-state index is 13.2. The first-order chi connectivity index (χ1) is 13.5. The van der Waals surface area contributed by atoms with Crippen molar-refractivity contribution in [1.29, 1.82) is 0 Å². The predicted octanol–water partition coefficient (Wildman–Crippen LogP) is 5.98. The van der Waals surface area contributed by atoms with Gasteiger partial charge in [-0.05, 0) is 37.6 Å². The number of aromatic nitrogens is 1. The maximum atomic E-state index is 13.2. The van der Waals surface area contributed by atoms with E-state index in [-0.39, 0.29) is 27.2 Å². The van der Waals surface area contributed by atoms with Gasteiger partial charge in [0.15, 0.2) is 5.76 Å². The number of pyridine rings is 1. The minimum atomic E-state index is -4.72. The SMILES string of the molecule is CC(C)=C1OC(=O)N(c2cc(Oc3ncccc3C(F)(F)F)c(Cl)cc2Cl)C1=O. The van der Waals surface area contributed by atoms with Crippen LogP contribution in [0, 0.1) is 0 Å². The summed E-state index contributed by atoms with van der Waals surface area (Å²) in [6.45, 7) is 3.14. The van der Waals surface area contributed by atoms with E-state index in [0.29, 0.717) is 10.5 Å². The first-order valence-electron chi connectivity index (χ1n) is 7.93. The van der Waals surface area contributed by atoms with Gasteiger partial charge in [0.25, 0.3) is 0 Å². The molecule has 1 aliphatic heterocycles. The minimum Gasteiger partial charge on any atom is -0.437 e. The zero-order valence-corrected chi connectivity index (χ0v) is 16.3. The van der Waals surface area contributed by atoms with E-state index in [2.05, 4.69) is 4.98 Å². The van der Waals surface area contributed by atoms with Crippen LogP contribution >= 0.6 is 23.2 Å². The van der Waals surface area contributed by atoms with Gasteiger partial charge in [-0.15, -0.1) is 0 Å². The number of benzene rings is 1. The lowest BCUT2D eigenvalue weighted by molar-refractivity contribution is -0.138. The molecule has 29 heavy (non-hydrogen) atoms. The lowest BCUT2D eigenvalue weighted by atomic mass is 10.2. The van der Waals surface area contributed by atoms with Gasteiger partial charge in [-0.1, -0.05) is 23.2 Å². The zero-order chi connectivity index (χ0) is 21.5. The fourth-order valence-corrected chi connectivity index (χ4v) is 2.95. The molecule has 3 rings (SSSR count). The van der Waals surface area contributed by atoms with Crippen molar-refractivity contribution in [3.05, 3.63) is 57.4 Å². The number of hydrogen-bond donors (Lipinski definition) is 0. The molecule has 0 N–H and O–H groups in total. The third-order valence-electron chi connectivity index (χ3n) is 3.75. The number of carbonyl (C=O) groups excluding carboxylic acids is 2. The van der Waals surface area contributed by atoms with Gasteiger partial charge in [-0.2, -0.15) is 13.2 Å². The Morgan fingerprint density at radius 3 is 2.45 bits per heavy atom. The molecule has 152 valence electrons. The Kier molecular flexibility index (Phi) is 5.46. The fourth-order valence-electron chi connectivity index (χ4n) is 2.44. The highest BCUT2D eigenvalue weighted by Gasteiger charge is 2.40. The molecule has 0 saturated carbocycles. The van der Waals surface area contributed by atoms with E-state index in [1.54, 1.807) is 13.8 Å². The molecule has 11 heteroatoms. The number of ether oxygens (including phenoxy) is 2. The van der Waals surface area contributed by atoms with Crippen LogP contribution in [0.2, 0.25) is 10.0 Å². The second-order valence-corrected chi connectivity index (χ2v) is 6.84. The Morgan fingerprint density at radius 1 is 1.17 bits per heavy atom. The predicted molar refractivity (Wildman–Crippen MR) is 98.1 cm³/mol. The summed E-state index contributed by atoms with van der Waals surface area (Å²) in [5.74, 6) is -2.00. The van der Waals surface area contributed by atoms with Gasteiger partial charge < -0.3 is 9.47 Å². The van der Waals surface area contributed by atoms with Crippen LogP contribution in [0.3, 0.4) is 0 Å². The number of amides is 2. The van der Waals surface area contributed by atoms with Crippen LogP contribution in [0.25, 0.3) is 0 Å². The fraction of sp³-hybridized carbons (Fsp3) is 0.167. The third kappa shape index (κ3) is 4.01. The molecule has 2 amide bonds. The van der Waals surface area contributed by atoms with Gasteiger partial charge in [0, 0.05) is 12.3 Å². The number of alkyl halides is 3. The molecule has 2 heterocycles. The van der Waals surface area contributed by atoms with Crippen LogP contribution in [0.5, 0.6) is 11.6 Å². The Morgan fingerprint density at radius 2 is 1.86 bits per heavy atom. The van der Waals surface area contributed by atoms with Crippen molar-refractivity contribution in [1.82, 2.24) is 4.98 Å². The van der Waals surface area contributed by atoms with E-state index < -0.39 is 29.6 Å². The van der Waals surface area contributed by atoms with Gasteiger partial charge in [0.2, 0.25) is 5.88 Å². The molecule has 0 spiro atoms. The molecule has 0 aliphatic carbocycles. The zero-order valence-electron chi connectivity index (χ0n) is 14.8. The van der Waals surface area contributed by atoms with E-state index in [9.17, 15) is 22.8 Å². The highest BCUT2D eigenvalue weighted by atomic mass is 35.5. The molecule has 0 atom stereocenters. The number of imide groups is 1. The molecule has 1 aromatic carbocycles. The molecule has 0 unspecified atom stereocenters. The number of carbonyl (C=O) groups is 2. The van der Waals surface area contributed by atoms with Gasteiger partial charge >= 0.3 is 18.2 Å². The molecule has 1 fully saturated rings. The van der Waals surface area contributed by atoms with Crippen molar-refractivity contribution in [2.45, 2.75) is 20.0 Å². The summed E-state index contributed by atoms with van der Waals surface area (Å²) >= 11 is 12.1. The summed E-state index contributed by atoms with van der Waals surface area (Å²) in [5.41, 5.74) is -0.839. The van der Waals surface area contributed by atoms with Gasteiger partial charge in [-0.3, -0.25) is 4.79 Å². The maximum Gasteiger partial charge on any atom is 0.427 e. The number of cyclic esters (lactones) is 1. The van der Waals surface area contributed by atoms with Crippen LogP contribution in [0.15, 0.2) is 41.8 Å². The van der Waals surface area contributed by atoms with Crippen LogP contribution in [-0.4, -0.2) is 17.0 Å². The van der Waals surface area contributed by atoms with Crippen LogP contribution in [0.4, 0.5) is 23.7 Å². The van der Waals surface area contributed by atoms with Gasteiger partial charge in [-0.25, -0.2) is 14.7 Å². The molecular formula is C18H11Cl2F3N2O4. The monoisotopic (exact) mass is 446 g/mol. The second kappa shape index (κ2) is 7.57. The van der Waals surface area contributed by atoms with Crippen LogP contribution in [-0.2, 0) is 15.7 Å². The van der Waals surface area contributed by atoms with Crippen molar-refractivity contribution < 1.29 is 32.2 Å². The normalized spacial score (nSPS) is 14.3. The summed E-state index contributed by atoms with van der Waals surface area (Å²) in [5, 5.41) is -0.264. The smallest absolute Gasteiger partial charge is 0.427 e. The third-order valence-corrected chi connectivity index (χ3v) is 4.35.